The van der Waals surface area contributed by atoms with E-state index in [0.717, 1.165) is 0 Å². The van der Waals surface area contributed by atoms with Crippen molar-refractivity contribution >= 4 is 56.3 Å². The first-order chi connectivity index (χ1) is 16.6. The molecule has 10 heteroatoms. The topological polar surface area (TPSA) is 55.7 Å². The molecule has 0 spiro atoms. The van der Waals surface area contributed by atoms with Crippen LogP contribution >= 0.6 is 23.2 Å². The van der Waals surface area contributed by atoms with E-state index in [1.54, 1.807) is 36.4 Å². The Kier molecular flexibility index (Phi) is 6.18. The highest BCUT2D eigenvalue weighted by Crippen LogP contribution is 2.50. The van der Waals surface area contributed by atoms with Crippen molar-refractivity contribution in [2.45, 2.75) is 24.6 Å². The van der Waals surface area contributed by atoms with Crippen LogP contribution in [0, 0.1) is 5.92 Å². The fourth-order valence-electron chi connectivity index (χ4n) is 4.60. The molecule has 35 heavy (non-hydrogen) atoms. The van der Waals surface area contributed by atoms with Gasteiger partial charge in [0.1, 0.15) is 0 Å². The van der Waals surface area contributed by atoms with Gasteiger partial charge < -0.3 is 4.84 Å². The molecule has 3 aromatic rings. The van der Waals surface area contributed by atoms with E-state index < -0.39 is 29.0 Å². The van der Waals surface area contributed by atoms with Crippen molar-refractivity contribution in [1.29, 1.82) is 0 Å². The highest BCUT2D eigenvalue weighted by Gasteiger charge is 2.62. The van der Waals surface area contributed by atoms with E-state index in [-0.39, 0.29) is 39.4 Å². The summed E-state index contributed by atoms with van der Waals surface area (Å²) in [5, 5.41) is 5.18. The molecule has 182 valence electrons. The number of rotatable bonds is 5. The lowest BCUT2D eigenvalue weighted by molar-refractivity contribution is -0.275. The molecule has 0 aliphatic carbocycles. The van der Waals surface area contributed by atoms with Gasteiger partial charge in [0.2, 0.25) is 0 Å². The molecule has 0 N–H and O–H groups in total. The minimum Gasteiger partial charge on any atom is -0.374 e. The highest BCUT2D eigenvalue weighted by molar-refractivity contribution is 7.86. The first-order valence-corrected chi connectivity index (χ1v) is 13.0. The molecule has 1 atom stereocenters. The van der Waals surface area contributed by atoms with E-state index >= 15 is 0 Å². The van der Waals surface area contributed by atoms with Crippen LogP contribution in [0.5, 0.6) is 0 Å². The van der Waals surface area contributed by atoms with Crippen LogP contribution in [0.3, 0.4) is 0 Å². The van der Waals surface area contributed by atoms with E-state index in [9.17, 15) is 22.2 Å². The summed E-state index contributed by atoms with van der Waals surface area (Å²) < 4.78 is 54.5. The second-order valence-electron chi connectivity index (χ2n) is 8.76. The van der Waals surface area contributed by atoms with Crippen molar-refractivity contribution in [3.8, 4) is 0 Å². The zero-order chi connectivity index (χ0) is 25.0. The van der Waals surface area contributed by atoms with Gasteiger partial charge in [-0.05, 0) is 34.9 Å². The predicted octanol–water partition coefficient (Wildman–Crippen LogP) is 6.68. The molecule has 0 aromatic heterocycles. The maximum atomic E-state index is 14.4. The monoisotopic (exact) mass is 539 g/mol. The number of ketones is 1. The van der Waals surface area contributed by atoms with E-state index in [2.05, 4.69) is 5.16 Å². The number of Topliss-reactive ketones (excluding diaryl/α,β-unsaturated/α-hetero) is 1. The fourth-order valence-corrected chi connectivity index (χ4v) is 6.31. The van der Waals surface area contributed by atoms with Gasteiger partial charge in [-0.3, -0.25) is 9.00 Å². The van der Waals surface area contributed by atoms with Gasteiger partial charge in [0.05, 0.1) is 5.71 Å². The number of benzene rings is 3. The first-order valence-electron chi connectivity index (χ1n) is 10.8. The Morgan fingerprint density at radius 2 is 1.71 bits per heavy atom. The minimum absolute atomic E-state index is 0.0526. The summed E-state index contributed by atoms with van der Waals surface area (Å²) in [4.78, 5) is 18.1. The molecule has 0 bridgehead atoms. The van der Waals surface area contributed by atoms with Crippen LogP contribution in [0.1, 0.15) is 34.3 Å². The lowest BCUT2D eigenvalue weighted by Gasteiger charge is -2.29. The summed E-state index contributed by atoms with van der Waals surface area (Å²) in [6.45, 7) is 0. The van der Waals surface area contributed by atoms with Gasteiger partial charge >= 0.3 is 6.18 Å². The van der Waals surface area contributed by atoms with Crippen LogP contribution < -0.4 is 0 Å². The number of halogens is 5. The molecule has 2 aliphatic rings. The minimum atomic E-state index is -4.80. The SMILES string of the molecule is O=C(CC1CS(=O)C1)c1ccc(C2=NOC(c3cc(Cl)cc(Cl)c3)(C(F)(F)F)C2)c2ccccc12. The van der Waals surface area contributed by atoms with Gasteiger partial charge in [-0.15, -0.1) is 0 Å². The van der Waals surface area contributed by atoms with Crippen molar-refractivity contribution in [1.82, 2.24) is 0 Å². The Labute approximate surface area is 211 Å². The predicted molar refractivity (Wildman–Crippen MR) is 131 cm³/mol. The number of carbonyl (C=O) groups is 1. The number of hydrogen-bond donors (Lipinski definition) is 0. The average Bonchev–Trinajstić information content (AvgIpc) is 3.23. The van der Waals surface area contributed by atoms with Gasteiger partial charge in [0.25, 0.3) is 5.60 Å². The van der Waals surface area contributed by atoms with Gasteiger partial charge in [0, 0.05) is 61.9 Å². The molecule has 5 rings (SSSR count). The van der Waals surface area contributed by atoms with Crippen LogP contribution in [-0.4, -0.2) is 33.4 Å². The van der Waals surface area contributed by atoms with E-state index in [1.807, 2.05) is 0 Å². The number of hydrogen-bond acceptors (Lipinski definition) is 4. The van der Waals surface area contributed by atoms with E-state index in [0.29, 0.717) is 33.4 Å². The van der Waals surface area contributed by atoms with Crippen LogP contribution in [0.2, 0.25) is 10.0 Å². The lowest BCUT2D eigenvalue weighted by atomic mass is 9.85. The second kappa shape index (κ2) is 8.91. The summed E-state index contributed by atoms with van der Waals surface area (Å²) in [6.07, 6.45) is -5.11. The van der Waals surface area contributed by atoms with Crippen molar-refractivity contribution in [3.63, 3.8) is 0 Å². The van der Waals surface area contributed by atoms with Crippen molar-refractivity contribution in [2.75, 3.05) is 11.5 Å². The number of nitrogens with zero attached hydrogens (tertiary/aromatic N) is 1. The molecule has 1 unspecified atom stereocenters. The molecular weight excluding hydrogens is 522 g/mol. The van der Waals surface area contributed by atoms with Gasteiger partial charge in [-0.2, -0.15) is 13.2 Å². The van der Waals surface area contributed by atoms with Crippen molar-refractivity contribution in [2.24, 2.45) is 11.1 Å². The van der Waals surface area contributed by atoms with E-state index in [1.165, 1.54) is 18.2 Å². The number of oxime groups is 1. The molecular formula is C25H18Cl2F3NO3S. The first kappa shape index (κ1) is 24.3. The Hall–Kier alpha value is -2.42. The second-order valence-corrected chi connectivity index (χ2v) is 11.2. The fraction of sp³-hybridized carbons (Fsp3) is 0.280. The van der Waals surface area contributed by atoms with E-state index in [4.69, 9.17) is 28.0 Å². The van der Waals surface area contributed by atoms with Gasteiger partial charge in [-0.1, -0.05) is 64.8 Å². The zero-order valence-corrected chi connectivity index (χ0v) is 20.4. The van der Waals surface area contributed by atoms with Gasteiger partial charge in [-0.25, -0.2) is 0 Å². The molecule has 1 saturated heterocycles. The standard InChI is InChI=1S/C25H18Cl2F3NO3S/c26-16-8-15(9-17(27)10-16)24(25(28,29)30)11-22(31-34-24)20-5-6-21(19-4-2-1-3-18(19)20)23(32)7-14-12-35(33)13-14/h1-6,8-10,14H,7,11-13H2. The summed E-state index contributed by atoms with van der Waals surface area (Å²) >= 11 is 12.0. The molecule has 0 saturated carbocycles. The van der Waals surface area contributed by atoms with Crippen molar-refractivity contribution in [3.05, 3.63) is 81.3 Å². The van der Waals surface area contributed by atoms with Gasteiger partial charge in [0.15, 0.2) is 5.78 Å². The third-order valence-corrected chi connectivity index (χ3v) is 8.49. The zero-order valence-electron chi connectivity index (χ0n) is 18.1. The summed E-state index contributed by atoms with van der Waals surface area (Å²) in [5.74, 6) is 1.04. The van der Waals surface area contributed by atoms with Crippen molar-refractivity contribution < 1.29 is 27.0 Å². The molecule has 0 radical (unpaired) electrons. The normalized spacial score (nSPS) is 24.1. The largest absolute Gasteiger partial charge is 0.435 e. The third kappa shape index (κ3) is 4.36. The van der Waals surface area contributed by atoms with Crippen LogP contribution in [0.25, 0.3) is 10.8 Å². The lowest BCUT2D eigenvalue weighted by Crippen LogP contribution is -2.42. The Bertz CT molecular complexity index is 1380. The third-order valence-electron chi connectivity index (χ3n) is 6.37. The van der Waals surface area contributed by atoms with Crippen LogP contribution in [0.15, 0.2) is 59.8 Å². The summed E-state index contributed by atoms with van der Waals surface area (Å²) in [7, 11) is -0.852. The molecule has 2 aliphatic heterocycles. The maximum absolute atomic E-state index is 14.4. The van der Waals surface area contributed by atoms with Crippen LogP contribution in [0.4, 0.5) is 13.2 Å². The van der Waals surface area contributed by atoms with Crippen LogP contribution in [-0.2, 0) is 21.2 Å². The summed E-state index contributed by atoms with van der Waals surface area (Å²) in [5.41, 5.74) is -1.96. The Morgan fingerprint density at radius 3 is 2.34 bits per heavy atom. The number of fused-ring (bicyclic) bond motifs is 1. The quantitative estimate of drug-likeness (QED) is 0.340. The Morgan fingerprint density at radius 1 is 1.06 bits per heavy atom. The average molecular weight is 540 g/mol. The molecule has 2 heterocycles. The smallest absolute Gasteiger partial charge is 0.374 e. The number of alkyl halides is 3. The molecule has 4 nitrogen and oxygen atoms in total. The Balaban J connectivity index is 1.52. The number of carbonyl (C=O) groups excluding carboxylic acids is 1. The molecule has 1 fully saturated rings. The highest BCUT2D eigenvalue weighted by atomic mass is 35.5. The molecule has 0 amide bonds. The molecule has 3 aromatic carbocycles. The maximum Gasteiger partial charge on any atom is 0.435 e. The summed E-state index contributed by atoms with van der Waals surface area (Å²) in [6, 6.07) is 13.9.